The van der Waals surface area contributed by atoms with Crippen molar-refractivity contribution < 1.29 is 0 Å². The van der Waals surface area contributed by atoms with Crippen LogP contribution < -0.4 is 5.32 Å². The molecule has 3 fully saturated rings. The van der Waals surface area contributed by atoms with E-state index in [1.807, 2.05) is 0 Å². The molecule has 0 aromatic rings. The lowest BCUT2D eigenvalue weighted by Gasteiger charge is -2.45. The molecule has 0 atom stereocenters. The molecule has 3 rings (SSSR count). The van der Waals surface area contributed by atoms with Crippen LogP contribution in [0, 0.1) is 0 Å². The minimum absolute atomic E-state index is 0.505. The van der Waals surface area contributed by atoms with E-state index in [1.54, 1.807) is 0 Å². The van der Waals surface area contributed by atoms with Crippen molar-refractivity contribution in [3.8, 4) is 0 Å². The predicted molar refractivity (Wildman–Crippen MR) is 119 cm³/mol. The maximum absolute atomic E-state index is 5.02. The number of aliphatic imine (C=N–C) groups is 1. The number of thioether (sulfide) groups is 1. The molecule has 1 saturated carbocycles. The van der Waals surface area contributed by atoms with Crippen LogP contribution in [0.15, 0.2) is 4.99 Å². The van der Waals surface area contributed by atoms with E-state index in [0.717, 1.165) is 19.6 Å². The molecule has 0 aromatic carbocycles. The first kappa shape index (κ1) is 21.3. The van der Waals surface area contributed by atoms with Gasteiger partial charge in [0, 0.05) is 49.8 Å². The second-order valence-electron chi connectivity index (χ2n) is 8.60. The molecule has 27 heavy (non-hydrogen) atoms. The van der Waals surface area contributed by atoms with Gasteiger partial charge in [-0.2, -0.15) is 11.8 Å². The van der Waals surface area contributed by atoms with Crippen molar-refractivity contribution in [2.75, 3.05) is 71.7 Å². The Hall–Kier alpha value is -0.460. The molecular formula is C21H41N5S. The fraction of sp³-hybridized carbons (Fsp3) is 0.952. The lowest BCUT2D eigenvalue weighted by molar-refractivity contribution is 0.274. The van der Waals surface area contributed by atoms with Crippen molar-refractivity contribution in [2.24, 2.45) is 4.99 Å². The Balaban J connectivity index is 1.48. The van der Waals surface area contributed by atoms with Gasteiger partial charge in [-0.3, -0.25) is 4.99 Å². The summed E-state index contributed by atoms with van der Waals surface area (Å²) in [4.78, 5) is 12.7. The first-order valence-electron chi connectivity index (χ1n) is 11.3. The monoisotopic (exact) mass is 395 g/mol. The molecule has 0 amide bonds. The smallest absolute Gasteiger partial charge is 0.193 e. The Kier molecular flexibility index (Phi) is 8.59. The summed E-state index contributed by atoms with van der Waals surface area (Å²) in [6, 6.07) is 0. The van der Waals surface area contributed by atoms with Gasteiger partial charge in [-0.1, -0.05) is 19.3 Å². The van der Waals surface area contributed by atoms with Crippen molar-refractivity contribution in [1.29, 1.82) is 0 Å². The topological polar surface area (TPSA) is 34.1 Å². The predicted octanol–water partition coefficient (Wildman–Crippen LogP) is 2.73. The molecule has 2 saturated heterocycles. The molecule has 2 heterocycles. The quantitative estimate of drug-likeness (QED) is 0.440. The molecule has 0 aromatic heterocycles. The first-order valence-corrected chi connectivity index (χ1v) is 12.3. The van der Waals surface area contributed by atoms with Crippen LogP contribution in [0.4, 0.5) is 0 Å². The average Bonchev–Trinajstić information content (AvgIpc) is 2.89. The van der Waals surface area contributed by atoms with Crippen molar-refractivity contribution in [3.63, 3.8) is 0 Å². The van der Waals surface area contributed by atoms with Crippen molar-refractivity contribution in [1.82, 2.24) is 20.0 Å². The molecule has 0 bridgehead atoms. The second kappa shape index (κ2) is 10.9. The molecule has 156 valence electrons. The van der Waals surface area contributed by atoms with Gasteiger partial charge in [0.2, 0.25) is 0 Å². The molecule has 1 aliphatic carbocycles. The van der Waals surface area contributed by atoms with Crippen molar-refractivity contribution in [3.05, 3.63) is 0 Å². The minimum atomic E-state index is 0.505. The maximum Gasteiger partial charge on any atom is 0.193 e. The van der Waals surface area contributed by atoms with Gasteiger partial charge >= 0.3 is 0 Å². The third-order valence-electron chi connectivity index (χ3n) is 6.35. The summed E-state index contributed by atoms with van der Waals surface area (Å²) in [7, 11) is 2.24. The zero-order chi connectivity index (χ0) is 19.0. The number of nitrogens with zero attached hydrogens (tertiary/aromatic N) is 4. The van der Waals surface area contributed by atoms with Crippen LogP contribution in [0.3, 0.4) is 0 Å². The lowest BCUT2D eigenvalue weighted by atomic mass is 9.87. The van der Waals surface area contributed by atoms with Gasteiger partial charge < -0.3 is 20.0 Å². The number of rotatable bonds is 5. The number of hydrogen-bond donors (Lipinski definition) is 1. The fourth-order valence-corrected chi connectivity index (χ4v) is 6.32. The molecular weight excluding hydrogens is 354 g/mol. The summed E-state index contributed by atoms with van der Waals surface area (Å²) in [6.07, 6.45) is 9.54. The molecule has 3 aliphatic rings. The van der Waals surface area contributed by atoms with Gasteiger partial charge in [0.15, 0.2) is 5.96 Å². The number of nitrogens with one attached hydrogen (secondary N) is 1. The number of hydrogen-bond acceptors (Lipinski definition) is 4. The Bertz CT molecular complexity index is 458. The fourth-order valence-electron chi connectivity index (χ4n) is 4.75. The van der Waals surface area contributed by atoms with E-state index >= 15 is 0 Å². The highest BCUT2D eigenvalue weighted by Crippen LogP contribution is 2.42. The second-order valence-corrected chi connectivity index (χ2v) is 10.2. The van der Waals surface area contributed by atoms with Crippen LogP contribution in [0.1, 0.15) is 51.9 Å². The summed E-state index contributed by atoms with van der Waals surface area (Å²) in [5, 5.41) is 3.57. The molecule has 0 unspecified atom stereocenters. The van der Waals surface area contributed by atoms with Gasteiger partial charge in [-0.05, 0) is 59.3 Å². The average molecular weight is 396 g/mol. The summed E-state index contributed by atoms with van der Waals surface area (Å²) in [5.74, 6) is 2.42. The van der Waals surface area contributed by atoms with E-state index in [9.17, 15) is 0 Å². The Morgan fingerprint density at radius 1 is 1.04 bits per heavy atom. The molecule has 1 N–H and O–H groups in total. The Labute approximate surface area is 171 Å². The zero-order valence-corrected chi connectivity index (χ0v) is 18.5. The largest absolute Gasteiger partial charge is 0.357 e. The normalized spacial score (nSPS) is 25.6. The Morgan fingerprint density at radius 2 is 1.89 bits per heavy atom. The highest BCUT2D eigenvalue weighted by molar-refractivity contribution is 8.00. The SMILES string of the molecule is CCNC(=NCCCN1CCCN(C)CC1)N1CCSC2(CCCCC2)C1. The van der Waals surface area contributed by atoms with Crippen LogP contribution in [0.2, 0.25) is 0 Å². The molecule has 5 nitrogen and oxygen atoms in total. The van der Waals surface area contributed by atoms with Gasteiger partial charge in [-0.25, -0.2) is 0 Å². The van der Waals surface area contributed by atoms with Gasteiger partial charge in [0.1, 0.15) is 0 Å². The van der Waals surface area contributed by atoms with Crippen LogP contribution in [-0.2, 0) is 0 Å². The van der Waals surface area contributed by atoms with Crippen molar-refractivity contribution in [2.45, 2.75) is 56.6 Å². The Morgan fingerprint density at radius 3 is 2.70 bits per heavy atom. The summed E-state index contributed by atoms with van der Waals surface area (Å²) < 4.78 is 0.505. The zero-order valence-electron chi connectivity index (χ0n) is 17.7. The first-order chi connectivity index (χ1) is 13.2. The third-order valence-corrected chi connectivity index (χ3v) is 7.89. The minimum Gasteiger partial charge on any atom is -0.357 e. The van der Waals surface area contributed by atoms with E-state index < -0.39 is 0 Å². The summed E-state index contributed by atoms with van der Waals surface area (Å²) in [5.41, 5.74) is 0. The van der Waals surface area contributed by atoms with E-state index in [4.69, 9.17) is 4.99 Å². The van der Waals surface area contributed by atoms with Crippen LogP contribution in [0.5, 0.6) is 0 Å². The number of guanidine groups is 1. The molecule has 0 radical (unpaired) electrons. The van der Waals surface area contributed by atoms with E-state index in [-0.39, 0.29) is 0 Å². The maximum atomic E-state index is 5.02. The number of likely N-dealkylation sites (N-methyl/N-ethyl adjacent to an activating group) is 1. The summed E-state index contributed by atoms with van der Waals surface area (Å²) in [6.45, 7) is 12.6. The van der Waals surface area contributed by atoms with E-state index in [0.29, 0.717) is 4.75 Å². The molecule has 2 aliphatic heterocycles. The van der Waals surface area contributed by atoms with Gasteiger partial charge in [0.05, 0.1) is 0 Å². The van der Waals surface area contributed by atoms with Crippen molar-refractivity contribution >= 4 is 17.7 Å². The highest BCUT2D eigenvalue weighted by Gasteiger charge is 2.38. The van der Waals surface area contributed by atoms with E-state index in [1.165, 1.54) is 95.9 Å². The van der Waals surface area contributed by atoms with Crippen LogP contribution in [-0.4, -0.2) is 97.1 Å². The van der Waals surface area contributed by atoms with Crippen LogP contribution >= 0.6 is 11.8 Å². The van der Waals surface area contributed by atoms with Gasteiger partial charge in [-0.15, -0.1) is 0 Å². The molecule has 6 heteroatoms. The third kappa shape index (κ3) is 6.53. The van der Waals surface area contributed by atoms with Crippen LogP contribution in [0.25, 0.3) is 0 Å². The van der Waals surface area contributed by atoms with E-state index in [2.05, 4.69) is 45.7 Å². The molecule has 1 spiro atoms. The van der Waals surface area contributed by atoms with Gasteiger partial charge in [0.25, 0.3) is 0 Å². The summed E-state index contributed by atoms with van der Waals surface area (Å²) >= 11 is 2.24. The lowest BCUT2D eigenvalue weighted by Crippen LogP contribution is -2.53. The standard InChI is InChI=1S/C21H41N5S/c1-3-22-20(23-11-7-13-25-14-8-12-24(2)15-16-25)26-17-18-27-21(19-26)9-5-4-6-10-21/h3-19H2,1-2H3,(H,22,23). The highest BCUT2D eigenvalue weighted by atomic mass is 32.2.